The number of benzene rings is 2. The van der Waals surface area contributed by atoms with Gasteiger partial charge in [-0.3, -0.25) is 14.5 Å². The largest absolute Gasteiger partial charge is 0.507 e. The number of aliphatic hydroxyl groups is 1. The highest BCUT2D eigenvalue weighted by atomic mass is 19.1. The van der Waals surface area contributed by atoms with Gasteiger partial charge in [0.15, 0.2) is 11.6 Å². The Morgan fingerprint density at radius 3 is 2.62 bits per heavy atom. The molecule has 2 amide bonds. The Hall–Kier alpha value is -5.05. The van der Waals surface area contributed by atoms with Gasteiger partial charge in [0.2, 0.25) is 5.91 Å². The Morgan fingerprint density at radius 2 is 1.95 bits per heavy atom. The summed E-state index contributed by atoms with van der Waals surface area (Å²) in [6, 6.07) is 16.3. The number of aliphatic hydroxyl groups excluding tert-OH is 1. The molecule has 202 valence electrons. The lowest BCUT2D eigenvalue weighted by molar-refractivity contribution is -0.120. The van der Waals surface area contributed by atoms with Gasteiger partial charge in [0.05, 0.1) is 24.1 Å². The molecule has 11 heteroatoms. The molecule has 1 fully saturated rings. The normalized spacial score (nSPS) is 16.9. The van der Waals surface area contributed by atoms with Gasteiger partial charge in [-0.1, -0.05) is 12.1 Å². The number of nitrogens with one attached hydrogen (secondary N) is 2. The Kier molecular flexibility index (Phi) is 7.29. The van der Waals surface area contributed by atoms with Crippen molar-refractivity contribution in [1.29, 1.82) is 5.26 Å². The number of nitriles is 1. The summed E-state index contributed by atoms with van der Waals surface area (Å²) in [5, 5.41) is 35.9. The molecule has 0 radical (unpaired) electrons. The van der Waals surface area contributed by atoms with E-state index in [4.69, 9.17) is 4.42 Å². The molecule has 0 spiro atoms. The van der Waals surface area contributed by atoms with Crippen molar-refractivity contribution >= 4 is 23.3 Å². The van der Waals surface area contributed by atoms with Gasteiger partial charge in [-0.15, -0.1) is 0 Å². The molecule has 0 bridgehead atoms. The first-order chi connectivity index (χ1) is 19.2. The van der Waals surface area contributed by atoms with E-state index in [1.807, 2.05) is 0 Å². The molecule has 0 aliphatic carbocycles. The Bertz CT molecular complexity index is 1630. The van der Waals surface area contributed by atoms with Crippen LogP contribution in [0.15, 0.2) is 71.3 Å². The molecule has 2 aromatic carbocycles. The SMILES string of the molecule is CN1C[C@H](O)CC1C(=O)Nc1cccc(-c2cc(-c3ccc(F)cc3O)nc(NC(=O)c3ccco3)c2C#N)c1. The summed E-state index contributed by atoms with van der Waals surface area (Å²) < 4.78 is 18.8. The van der Waals surface area contributed by atoms with Crippen molar-refractivity contribution in [2.45, 2.75) is 18.6 Å². The van der Waals surface area contributed by atoms with Crippen LogP contribution >= 0.6 is 0 Å². The summed E-state index contributed by atoms with van der Waals surface area (Å²) in [6.07, 6.45) is 1.06. The van der Waals surface area contributed by atoms with Crippen molar-refractivity contribution in [1.82, 2.24) is 9.88 Å². The molecule has 3 heterocycles. The lowest BCUT2D eigenvalue weighted by atomic mass is 9.97. The van der Waals surface area contributed by atoms with E-state index in [2.05, 4.69) is 21.7 Å². The van der Waals surface area contributed by atoms with Crippen molar-refractivity contribution in [3.05, 3.63) is 84.1 Å². The number of phenols is 1. The third kappa shape index (κ3) is 5.40. The molecule has 2 aromatic heterocycles. The maximum Gasteiger partial charge on any atom is 0.292 e. The van der Waals surface area contributed by atoms with Crippen LogP contribution < -0.4 is 10.6 Å². The number of amides is 2. The fourth-order valence-corrected chi connectivity index (χ4v) is 4.68. The Morgan fingerprint density at radius 1 is 1.12 bits per heavy atom. The van der Waals surface area contributed by atoms with E-state index in [1.54, 1.807) is 36.2 Å². The number of β-amino-alcohol motifs (C(OH)–C–C–N with tert-alkyl or cyclic N) is 1. The van der Waals surface area contributed by atoms with Gasteiger partial charge in [-0.2, -0.15) is 5.26 Å². The molecule has 4 N–H and O–H groups in total. The number of nitrogens with zero attached hydrogens (tertiary/aromatic N) is 3. The topological polar surface area (TPSA) is 152 Å². The number of anilines is 2. The highest BCUT2D eigenvalue weighted by Crippen LogP contribution is 2.36. The molecule has 2 atom stereocenters. The van der Waals surface area contributed by atoms with E-state index < -0.39 is 23.9 Å². The Labute approximate surface area is 228 Å². The molecule has 1 aliphatic rings. The average molecular weight is 542 g/mol. The van der Waals surface area contributed by atoms with E-state index in [0.717, 1.165) is 12.1 Å². The highest BCUT2D eigenvalue weighted by Gasteiger charge is 2.33. The first kappa shape index (κ1) is 26.6. The van der Waals surface area contributed by atoms with Crippen molar-refractivity contribution in [2.24, 2.45) is 0 Å². The fourth-order valence-electron chi connectivity index (χ4n) is 4.68. The molecule has 1 aliphatic heterocycles. The maximum atomic E-state index is 13.7. The number of hydrogen-bond donors (Lipinski definition) is 4. The second kappa shape index (κ2) is 11.0. The number of likely N-dealkylation sites (N-methyl/N-ethyl adjacent to an activating group) is 1. The molecule has 0 saturated carbocycles. The third-order valence-corrected chi connectivity index (χ3v) is 6.61. The highest BCUT2D eigenvalue weighted by molar-refractivity contribution is 6.03. The summed E-state index contributed by atoms with van der Waals surface area (Å²) in [4.78, 5) is 31.8. The molecular formula is C29H24FN5O5. The number of furan rings is 1. The Balaban J connectivity index is 1.57. The van der Waals surface area contributed by atoms with Crippen molar-refractivity contribution in [3.63, 3.8) is 0 Å². The maximum absolute atomic E-state index is 13.7. The molecule has 10 nitrogen and oxygen atoms in total. The second-order valence-corrected chi connectivity index (χ2v) is 9.40. The van der Waals surface area contributed by atoms with E-state index in [9.17, 15) is 29.5 Å². The predicted molar refractivity (Wildman–Crippen MR) is 144 cm³/mol. The van der Waals surface area contributed by atoms with Gasteiger partial charge < -0.3 is 25.3 Å². The van der Waals surface area contributed by atoms with Crippen molar-refractivity contribution in [2.75, 3.05) is 24.2 Å². The summed E-state index contributed by atoms with van der Waals surface area (Å²) in [6.45, 7) is 0.395. The first-order valence-electron chi connectivity index (χ1n) is 12.3. The fraction of sp³-hybridized carbons (Fsp3) is 0.172. The predicted octanol–water partition coefficient (Wildman–Crippen LogP) is 3.98. The number of hydrogen-bond acceptors (Lipinski definition) is 8. The quantitative estimate of drug-likeness (QED) is 0.286. The molecular weight excluding hydrogens is 517 g/mol. The smallest absolute Gasteiger partial charge is 0.292 e. The summed E-state index contributed by atoms with van der Waals surface area (Å²) >= 11 is 0. The summed E-state index contributed by atoms with van der Waals surface area (Å²) in [5.41, 5.74) is 1.66. The van der Waals surface area contributed by atoms with Crippen LogP contribution in [0.2, 0.25) is 0 Å². The molecule has 5 rings (SSSR count). The van der Waals surface area contributed by atoms with E-state index in [0.29, 0.717) is 29.8 Å². The van der Waals surface area contributed by atoms with Gasteiger partial charge in [0.25, 0.3) is 5.91 Å². The minimum atomic E-state index is -0.649. The van der Waals surface area contributed by atoms with Crippen LogP contribution in [0.3, 0.4) is 0 Å². The van der Waals surface area contributed by atoms with E-state index in [-0.39, 0.29) is 40.1 Å². The van der Waals surface area contributed by atoms with Gasteiger partial charge in [-0.05, 0) is 61.5 Å². The molecule has 40 heavy (non-hydrogen) atoms. The lowest BCUT2D eigenvalue weighted by Gasteiger charge is -2.19. The number of phenolic OH excluding ortho intramolecular Hbond substituents is 1. The second-order valence-electron chi connectivity index (χ2n) is 9.40. The van der Waals surface area contributed by atoms with E-state index in [1.165, 1.54) is 30.5 Å². The number of aromatic nitrogens is 1. The summed E-state index contributed by atoms with van der Waals surface area (Å²) in [7, 11) is 1.76. The van der Waals surface area contributed by atoms with Gasteiger partial charge >= 0.3 is 0 Å². The first-order valence-corrected chi connectivity index (χ1v) is 12.3. The monoisotopic (exact) mass is 541 g/mol. The van der Waals surface area contributed by atoms with Crippen LogP contribution in [-0.4, -0.2) is 57.6 Å². The minimum absolute atomic E-state index is 0.00557. The van der Waals surface area contributed by atoms with Crippen LogP contribution in [0, 0.1) is 17.1 Å². The number of halogens is 1. The average Bonchev–Trinajstić information content (AvgIpc) is 3.58. The molecule has 4 aromatic rings. The standard InChI is InChI=1S/C29H24FN5O5/c1-35-15-19(36)12-24(35)28(38)32-18-5-2-4-16(10-18)21-13-23(20-8-7-17(30)11-25(20)37)33-27(22(21)14-31)34-29(39)26-6-3-9-40-26/h2-11,13,19,24,36-37H,12,15H2,1H3,(H,32,38)(H,33,34,39)/t19-,24?/m1/s1. The molecule has 1 saturated heterocycles. The zero-order valence-electron chi connectivity index (χ0n) is 21.3. The van der Waals surface area contributed by atoms with Crippen LogP contribution in [-0.2, 0) is 4.79 Å². The van der Waals surface area contributed by atoms with Gasteiger partial charge in [-0.25, -0.2) is 9.37 Å². The third-order valence-electron chi connectivity index (χ3n) is 6.61. The van der Waals surface area contributed by atoms with E-state index >= 15 is 0 Å². The van der Waals surface area contributed by atoms with Crippen LogP contribution in [0.5, 0.6) is 5.75 Å². The van der Waals surface area contributed by atoms with Crippen LogP contribution in [0.1, 0.15) is 22.5 Å². The number of pyridine rings is 1. The number of rotatable bonds is 6. The van der Waals surface area contributed by atoms with Crippen LogP contribution in [0.25, 0.3) is 22.4 Å². The van der Waals surface area contributed by atoms with Gasteiger partial charge in [0.1, 0.15) is 23.2 Å². The number of carbonyl (C=O) groups is 2. The van der Waals surface area contributed by atoms with Gasteiger partial charge in [0, 0.05) is 29.4 Å². The zero-order valence-corrected chi connectivity index (χ0v) is 21.3. The van der Waals surface area contributed by atoms with Crippen molar-refractivity contribution in [3.8, 4) is 34.2 Å². The minimum Gasteiger partial charge on any atom is -0.507 e. The van der Waals surface area contributed by atoms with Crippen LogP contribution in [0.4, 0.5) is 15.9 Å². The lowest BCUT2D eigenvalue weighted by Crippen LogP contribution is -2.37. The molecule has 1 unspecified atom stereocenters. The van der Waals surface area contributed by atoms with Crippen molar-refractivity contribution < 1.29 is 28.6 Å². The zero-order chi connectivity index (χ0) is 28.4. The number of aromatic hydroxyl groups is 1. The summed E-state index contributed by atoms with van der Waals surface area (Å²) in [5.74, 6) is -2.06. The number of carbonyl (C=O) groups excluding carboxylic acids is 2. The number of likely N-dealkylation sites (tertiary alicyclic amines) is 1.